The number of hydrogen-bond donors (Lipinski definition) is 0. The summed E-state index contributed by atoms with van der Waals surface area (Å²) in [6, 6.07) is 65.5. The van der Waals surface area contributed by atoms with Crippen molar-refractivity contribution in [3.63, 3.8) is 0 Å². The maximum atomic E-state index is 6.62. The first kappa shape index (κ1) is 31.5. The van der Waals surface area contributed by atoms with Gasteiger partial charge < -0.3 is 8.98 Å². The Hall–Kier alpha value is -7.83. The summed E-state index contributed by atoms with van der Waals surface area (Å²) in [6.45, 7) is 0. The first-order valence-electron chi connectivity index (χ1n) is 19.1. The molecule has 4 aromatic heterocycles. The summed E-state index contributed by atoms with van der Waals surface area (Å²) in [7, 11) is 0. The number of rotatable bonds is 5. The Morgan fingerprint density at radius 1 is 0.386 bits per heavy atom. The first-order chi connectivity index (χ1) is 28.3. The van der Waals surface area contributed by atoms with Crippen molar-refractivity contribution in [3.05, 3.63) is 188 Å². The summed E-state index contributed by atoms with van der Waals surface area (Å²) in [6.07, 6.45) is 0. The van der Waals surface area contributed by atoms with E-state index in [-0.39, 0.29) is 0 Å². The molecule has 0 atom stereocenters. The number of nitrogens with zero attached hydrogens (tertiary/aromatic N) is 5. The molecule has 0 aliphatic rings. The molecule has 12 aromatic rings. The van der Waals surface area contributed by atoms with Gasteiger partial charge in [0.05, 0.1) is 22.1 Å². The maximum absolute atomic E-state index is 6.62. The highest BCUT2D eigenvalue weighted by Crippen LogP contribution is 2.44. The number of hydrogen-bond acceptors (Lipinski definition) is 4. The van der Waals surface area contributed by atoms with E-state index in [1.165, 1.54) is 10.8 Å². The Labute approximate surface area is 326 Å². The zero-order chi connectivity index (χ0) is 37.5. The fourth-order valence-electron chi connectivity index (χ4n) is 8.66. The summed E-state index contributed by atoms with van der Waals surface area (Å²) in [5.74, 6) is 1.80. The van der Waals surface area contributed by atoms with Crippen LogP contribution in [-0.2, 0) is 0 Å². The van der Waals surface area contributed by atoms with Gasteiger partial charge in [0.1, 0.15) is 11.2 Å². The topological polar surface area (TPSA) is 61.7 Å². The van der Waals surface area contributed by atoms with Crippen LogP contribution in [0.25, 0.3) is 111 Å². The SMILES string of the molecule is c1ccc(-c2nc(-c3ccccc3)nc(-n3c4ccccc4c4c3ccc3c5ccccc5n(-c5cc(-c6ccccc6)c6oc7ccccc7c6c5)c34)n2)cc1. The molecule has 0 N–H and O–H groups in total. The van der Waals surface area contributed by atoms with Gasteiger partial charge in [-0.3, -0.25) is 4.57 Å². The van der Waals surface area contributed by atoms with Gasteiger partial charge in [0, 0.05) is 54.7 Å². The van der Waals surface area contributed by atoms with Crippen LogP contribution >= 0.6 is 0 Å². The third-order valence-electron chi connectivity index (χ3n) is 11.2. The second-order valence-electron chi connectivity index (χ2n) is 14.4. The minimum Gasteiger partial charge on any atom is -0.455 e. The highest BCUT2D eigenvalue weighted by Gasteiger charge is 2.24. The largest absolute Gasteiger partial charge is 0.455 e. The molecule has 0 unspecified atom stereocenters. The predicted octanol–water partition coefficient (Wildman–Crippen LogP) is 13.0. The summed E-state index contributed by atoms with van der Waals surface area (Å²) in [5.41, 5.74) is 11.1. The molecule has 0 fully saturated rings. The van der Waals surface area contributed by atoms with Crippen LogP contribution in [0.1, 0.15) is 0 Å². The second kappa shape index (κ2) is 12.3. The van der Waals surface area contributed by atoms with E-state index in [4.69, 9.17) is 19.4 Å². The highest BCUT2D eigenvalue weighted by atomic mass is 16.3. The van der Waals surface area contributed by atoms with Crippen LogP contribution in [0.15, 0.2) is 192 Å². The van der Waals surface area contributed by atoms with Crippen molar-refractivity contribution < 1.29 is 4.42 Å². The molecule has 266 valence electrons. The van der Waals surface area contributed by atoms with Gasteiger partial charge in [-0.1, -0.05) is 152 Å². The van der Waals surface area contributed by atoms with Crippen LogP contribution in [0, 0.1) is 0 Å². The average molecular weight is 730 g/mol. The van der Waals surface area contributed by atoms with E-state index in [2.05, 4.69) is 130 Å². The van der Waals surface area contributed by atoms with Gasteiger partial charge in [0.15, 0.2) is 11.6 Å². The second-order valence-corrected chi connectivity index (χ2v) is 14.4. The molecule has 0 amide bonds. The predicted molar refractivity (Wildman–Crippen MR) is 232 cm³/mol. The third-order valence-corrected chi connectivity index (χ3v) is 11.2. The van der Waals surface area contributed by atoms with Crippen LogP contribution in [0.5, 0.6) is 0 Å². The molecule has 6 nitrogen and oxygen atoms in total. The van der Waals surface area contributed by atoms with Gasteiger partial charge in [-0.05, 0) is 42.0 Å². The minimum absolute atomic E-state index is 0.563. The molecule has 6 heteroatoms. The van der Waals surface area contributed by atoms with Gasteiger partial charge in [0.25, 0.3) is 0 Å². The lowest BCUT2D eigenvalue weighted by molar-refractivity contribution is 0.670. The van der Waals surface area contributed by atoms with Crippen molar-refractivity contribution >= 4 is 65.6 Å². The van der Waals surface area contributed by atoms with E-state index in [9.17, 15) is 0 Å². The zero-order valence-corrected chi connectivity index (χ0v) is 30.5. The van der Waals surface area contributed by atoms with Crippen molar-refractivity contribution in [2.75, 3.05) is 0 Å². The number of furan rings is 1. The van der Waals surface area contributed by atoms with Crippen molar-refractivity contribution in [1.29, 1.82) is 0 Å². The van der Waals surface area contributed by atoms with Crippen LogP contribution < -0.4 is 0 Å². The van der Waals surface area contributed by atoms with Crippen molar-refractivity contribution in [3.8, 4) is 45.5 Å². The summed E-state index contributed by atoms with van der Waals surface area (Å²) < 4.78 is 11.3. The quantitative estimate of drug-likeness (QED) is 0.177. The number of benzene rings is 8. The van der Waals surface area contributed by atoms with Crippen LogP contribution in [0.2, 0.25) is 0 Å². The molecular formula is C51H31N5O. The molecule has 0 bridgehead atoms. The summed E-state index contributed by atoms with van der Waals surface area (Å²) in [4.78, 5) is 15.4. The minimum atomic E-state index is 0.563. The van der Waals surface area contributed by atoms with E-state index in [1.807, 2.05) is 66.7 Å². The monoisotopic (exact) mass is 729 g/mol. The molecule has 0 aliphatic carbocycles. The molecule has 8 aromatic carbocycles. The Kier molecular flexibility index (Phi) is 6.83. The van der Waals surface area contributed by atoms with Crippen LogP contribution in [0.3, 0.4) is 0 Å². The van der Waals surface area contributed by atoms with E-state index in [1.54, 1.807) is 0 Å². The Morgan fingerprint density at radius 2 is 0.947 bits per heavy atom. The van der Waals surface area contributed by atoms with E-state index >= 15 is 0 Å². The average Bonchev–Trinajstić information content (AvgIpc) is 3.94. The molecule has 4 heterocycles. The van der Waals surface area contributed by atoms with Crippen molar-refractivity contribution in [2.24, 2.45) is 0 Å². The smallest absolute Gasteiger partial charge is 0.238 e. The van der Waals surface area contributed by atoms with E-state index < -0.39 is 0 Å². The normalized spacial score (nSPS) is 11.9. The molecule has 0 spiro atoms. The molecule has 0 saturated carbocycles. The molecule has 0 saturated heterocycles. The Bertz CT molecular complexity index is 3450. The lowest BCUT2D eigenvalue weighted by Gasteiger charge is -2.13. The maximum Gasteiger partial charge on any atom is 0.238 e. The Morgan fingerprint density at radius 3 is 1.63 bits per heavy atom. The molecule has 12 rings (SSSR count). The summed E-state index contributed by atoms with van der Waals surface area (Å²) in [5, 5.41) is 6.76. The van der Waals surface area contributed by atoms with Crippen LogP contribution in [0.4, 0.5) is 0 Å². The van der Waals surface area contributed by atoms with Crippen molar-refractivity contribution in [2.45, 2.75) is 0 Å². The van der Waals surface area contributed by atoms with Crippen LogP contribution in [-0.4, -0.2) is 24.1 Å². The van der Waals surface area contributed by atoms with Gasteiger partial charge in [-0.15, -0.1) is 0 Å². The number of fused-ring (bicyclic) bond motifs is 10. The van der Waals surface area contributed by atoms with Gasteiger partial charge in [-0.25, -0.2) is 4.98 Å². The molecule has 57 heavy (non-hydrogen) atoms. The first-order valence-corrected chi connectivity index (χ1v) is 19.1. The van der Waals surface area contributed by atoms with Gasteiger partial charge in [0.2, 0.25) is 5.95 Å². The van der Waals surface area contributed by atoms with Gasteiger partial charge >= 0.3 is 0 Å². The lowest BCUT2D eigenvalue weighted by Crippen LogP contribution is -2.06. The highest BCUT2D eigenvalue weighted by molar-refractivity contribution is 6.26. The fourth-order valence-corrected chi connectivity index (χ4v) is 8.66. The molecule has 0 radical (unpaired) electrons. The van der Waals surface area contributed by atoms with Crippen molar-refractivity contribution in [1.82, 2.24) is 24.1 Å². The number of aromatic nitrogens is 5. The fraction of sp³-hybridized carbons (Fsp3) is 0. The third kappa shape index (κ3) is 4.81. The zero-order valence-electron chi connectivity index (χ0n) is 30.5. The van der Waals surface area contributed by atoms with Gasteiger partial charge in [-0.2, -0.15) is 9.97 Å². The molecular weight excluding hydrogens is 699 g/mol. The van der Waals surface area contributed by atoms with E-state index in [0.717, 1.165) is 82.7 Å². The lowest BCUT2D eigenvalue weighted by atomic mass is 10.0. The summed E-state index contributed by atoms with van der Waals surface area (Å²) >= 11 is 0. The van der Waals surface area contributed by atoms with E-state index in [0.29, 0.717) is 17.6 Å². The number of para-hydroxylation sites is 3. The molecule has 0 aliphatic heterocycles. The standard InChI is InChI=1S/C51H31N5O/c1-4-16-32(17-5-1)40-30-35(31-41-37-23-12-15-27-45(37)57-48(40)41)55-42-25-13-10-22-36(42)38-28-29-44-46(47(38)55)39-24-11-14-26-43(39)56(44)51-53-49(33-18-6-2-7-19-33)52-50(54-51)34-20-8-3-9-21-34/h1-31H. The Balaban J connectivity index is 1.21.